The standard InChI is InChI=1S/C16H15N5O3/c1-8(2)14-13-12(9-5-3-4-6-11(9)21(22)23)10(7-17)15(18)24-16(13)20-19-14/h3-6,8,12H,18H2,1-2H3,(H,19,20)/t12-/m1/s1. The fourth-order valence-corrected chi connectivity index (χ4v) is 2.92. The van der Waals surface area contributed by atoms with Crippen molar-refractivity contribution in [2.75, 3.05) is 0 Å². The number of aromatic nitrogens is 2. The Morgan fingerprint density at radius 2 is 2.17 bits per heavy atom. The lowest BCUT2D eigenvalue weighted by Crippen LogP contribution is -2.22. The maximum Gasteiger partial charge on any atom is 0.273 e. The topological polar surface area (TPSA) is 131 Å². The molecule has 2 aromatic rings. The average molecular weight is 325 g/mol. The summed E-state index contributed by atoms with van der Waals surface area (Å²) in [5, 5.41) is 28.0. The molecule has 0 spiro atoms. The highest BCUT2D eigenvalue weighted by atomic mass is 16.6. The van der Waals surface area contributed by atoms with Crippen molar-refractivity contribution >= 4 is 5.69 Å². The highest BCUT2D eigenvalue weighted by molar-refractivity contribution is 5.60. The van der Waals surface area contributed by atoms with E-state index in [-0.39, 0.29) is 28.9 Å². The number of aromatic amines is 1. The van der Waals surface area contributed by atoms with Crippen molar-refractivity contribution < 1.29 is 9.66 Å². The third-order valence-electron chi connectivity index (χ3n) is 3.99. The first-order valence-corrected chi connectivity index (χ1v) is 7.34. The number of allylic oxidation sites excluding steroid dienone is 1. The van der Waals surface area contributed by atoms with Crippen molar-refractivity contribution in [3.05, 3.63) is 62.7 Å². The number of para-hydroxylation sites is 1. The first kappa shape index (κ1) is 15.6. The number of nitrogens with zero attached hydrogens (tertiary/aromatic N) is 3. The number of benzene rings is 1. The van der Waals surface area contributed by atoms with Crippen LogP contribution in [0.25, 0.3) is 0 Å². The highest BCUT2D eigenvalue weighted by Gasteiger charge is 2.38. The lowest BCUT2D eigenvalue weighted by atomic mass is 9.82. The van der Waals surface area contributed by atoms with Crippen molar-refractivity contribution in [2.24, 2.45) is 5.73 Å². The van der Waals surface area contributed by atoms with E-state index in [0.717, 1.165) is 5.69 Å². The second-order valence-electron chi connectivity index (χ2n) is 5.75. The van der Waals surface area contributed by atoms with E-state index in [1.165, 1.54) is 6.07 Å². The predicted octanol–water partition coefficient (Wildman–Crippen LogP) is 2.66. The molecule has 0 aliphatic carbocycles. The van der Waals surface area contributed by atoms with Crippen LogP contribution in [0, 0.1) is 21.4 Å². The molecule has 0 bridgehead atoms. The Labute approximate surface area is 137 Å². The van der Waals surface area contributed by atoms with Gasteiger partial charge in [0.15, 0.2) is 0 Å². The molecule has 24 heavy (non-hydrogen) atoms. The molecule has 1 aliphatic heterocycles. The highest BCUT2D eigenvalue weighted by Crippen LogP contribution is 2.46. The zero-order valence-electron chi connectivity index (χ0n) is 13.1. The lowest BCUT2D eigenvalue weighted by Gasteiger charge is -2.24. The fraction of sp³-hybridized carbons (Fsp3) is 0.250. The van der Waals surface area contributed by atoms with Crippen molar-refractivity contribution in [1.29, 1.82) is 5.26 Å². The molecule has 122 valence electrons. The minimum Gasteiger partial charge on any atom is -0.420 e. The number of nitro groups is 1. The molecular formula is C16H15N5O3. The number of fused-ring (bicyclic) bond motifs is 1. The van der Waals surface area contributed by atoms with Crippen LogP contribution < -0.4 is 10.5 Å². The molecule has 8 nitrogen and oxygen atoms in total. The van der Waals surface area contributed by atoms with Gasteiger partial charge in [-0.25, -0.2) is 0 Å². The van der Waals surface area contributed by atoms with Gasteiger partial charge in [-0.3, -0.25) is 15.2 Å². The molecule has 2 heterocycles. The number of hydrogen-bond donors (Lipinski definition) is 2. The van der Waals surface area contributed by atoms with Crippen LogP contribution in [0.15, 0.2) is 35.7 Å². The van der Waals surface area contributed by atoms with Gasteiger partial charge >= 0.3 is 0 Å². The molecule has 0 radical (unpaired) electrons. The SMILES string of the molecule is CC(C)c1[nH]nc2c1[C@H](c1ccccc1[N+](=O)[O-])C(C#N)=C(N)O2. The molecule has 8 heteroatoms. The van der Waals surface area contributed by atoms with Crippen LogP contribution in [0.5, 0.6) is 5.88 Å². The Morgan fingerprint density at radius 3 is 2.79 bits per heavy atom. The summed E-state index contributed by atoms with van der Waals surface area (Å²) in [7, 11) is 0. The fourth-order valence-electron chi connectivity index (χ4n) is 2.92. The van der Waals surface area contributed by atoms with Gasteiger partial charge < -0.3 is 10.5 Å². The first-order chi connectivity index (χ1) is 11.5. The summed E-state index contributed by atoms with van der Waals surface area (Å²) in [6.07, 6.45) is 0. The molecule has 0 amide bonds. The van der Waals surface area contributed by atoms with Gasteiger partial charge in [0.2, 0.25) is 11.8 Å². The molecule has 0 saturated carbocycles. The largest absolute Gasteiger partial charge is 0.420 e. The third kappa shape index (κ3) is 2.27. The molecule has 0 fully saturated rings. The Kier molecular flexibility index (Phi) is 3.69. The summed E-state index contributed by atoms with van der Waals surface area (Å²) in [5.74, 6) is -0.473. The van der Waals surface area contributed by atoms with Crippen molar-refractivity contribution in [3.63, 3.8) is 0 Å². The molecule has 1 aromatic carbocycles. The van der Waals surface area contributed by atoms with Gasteiger partial charge in [0.1, 0.15) is 11.6 Å². The average Bonchev–Trinajstić information content (AvgIpc) is 2.97. The van der Waals surface area contributed by atoms with Crippen LogP contribution in [0.4, 0.5) is 5.69 Å². The summed E-state index contributed by atoms with van der Waals surface area (Å²) in [5.41, 5.74) is 7.67. The van der Waals surface area contributed by atoms with E-state index in [0.29, 0.717) is 11.1 Å². The second kappa shape index (κ2) is 5.70. The van der Waals surface area contributed by atoms with Crippen LogP contribution in [0.2, 0.25) is 0 Å². The molecule has 1 atom stereocenters. The first-order valence-electron chi connectivity index (χ1n) is 7.34. The Hall–Kier alpha value is -3.34. The van der Waals surface area contributed by atoms with Crippen LogP contribution in [0.1, 0.15) is 42.5 Å². The zero-order chi connectivity index (χ0) is 17.4. The van der Waals surface area contributed by atoms with Gasteiger partial charge in [0, 0.05) is 17.3 Å². The Bertz CT molecular complexity index is 891. The second-order valence-corrected chi connectivity index (χ2v) is 5.75. The van der Waals surface area contributed by atoms with Crippen LogP contribution in [-0.4, -0.2) is 15.1 Å². The van der Waals surface area contributed by atoms with Crippen molar-refractivity contribution in [1.82, 2.24) is 10.2 Å². The molecule has 1 aliphatic rings. The summed E-state index contributed by atoms with van der Waals surface area (Å²) >= 11 is 0. The molecular weight excluding hydrogens is 310 g/mol. The quantitative estimate of drug-likeness (QED) is 0.658. The minimum absolute atomic E-state index is 0.0642. The van der Waals surface area contributed by atoms with Gasteiger partial charge in [-0.2, -0.15) is 5.26 Å². The zero-order valence-corrected chi connectivity index (χ0v) is 13.1. The van der Waals surface area contributed by atoms with E-state index < -0.39 is 10.8 Å². The Morgan fingerprint density at radius 1 is 1.46 bits per heavy atom. The number of nitrogens with one attached hydrogen (secondary N) is 1. The summed E-state index contributed by atoms with van der Waals surface area (Å²) < 4.78 is 5.44. The van der Waals surface area contributed by atoms with Gasteiger partial charge in [-0.1, -0.05) is 32.0 Å². The van der Waals surface area contributed by atoms with E-state index >= 15 is 0 Å². The molecule has 0 unspecified atom stereocenters. The minimum atomic E-state index is -0.698. The number of hydrogen-bond acceptors (Lipinski definition) is 6. The summed E-state index contributed by atoms with van der Waals surface area (Å²) in [6.45, 7) is 3.91. The van der Waals surface area contributed by atoms with Crippen LogP contribution in [-0.2, 0) is 0 Å². The third-order valence-corrected chi connectivity index (χ3v) is 3.99. The smallest absolute Gasteiger partial charge is 0.273 e. The number of nitriles is 1. The molecule has 1 aromatic heterocycles. The van der Waals surface area contributed by atoms with E-state index in [2.05, 4.69) is 10.2 Å². The van der Waals surface area contributed by atoms with E-state index in [9.17, 15) is 15.4 Å². The monoisotopic (exact) mass is 325 g/mol. The maximum absolute atomic E-state index is 11.4. The Balaban J connectivity index is 2.32. The van der Waals surface area contributed by atoms with Gasteiger partial charge in [-0.05, 0) is 5.92 Å². The summed E-state index contributed by atoms with van der Waals surface area (Å²) in [4.78, 5) is 11.0. The number of H-pyrrole nitrogens is 1. The number of ether oxygens (including phenoxy) is 1. The maximum atomic E-state index is 11.4. The lowest BCUT2D eigenvalue weighted by molar-refractivity contribution is -0.385. The van der Waals surface area contributed by atoms with Crippen LogP contribution in [0.3, 0.4) is 0 Å². The number of nitro benzene ring substituents is 1. The van der Waals surface area contributed by atoms with E-state index in [4.69, 9.17) is 10.5 Å². The van der Waals surface area contributed by atoms with Gasteiger partial charge in [0.05, 0.1) is 16.4 Å². The van der Waals surface area contributed by atoms with Gasteiger partial charge in [0.25, 0.3) is 5.69 Å². The van der Waals surface area contributed by atoms with Gasteiger partial charge in [-0.15, -0.1) is 5.10 Å². The molecule has 0 saturated heterocycles. The van der Waals surface area contributed by atoms with Crippen molar-refractivity contribution in [2.45, 2.75) is 25.7 Å². The molecule has 3 N–H and O–H groups in total. The summed E-state index contributed by atoms with van der Waals surface area (Å²) in [6, 6.07) is 8.34. The predicted molar refractivity (Wildman–Crippen MR) is 85.1 cm³/mol. The van der Waals surface area contributed by atoms with Crippen molar-refractivity contribution in [3.8, 4) is 11.9 Å². The van der Waals surface area contributed by atoms with E-state index in [1.807, 2.05) is 19.9 Å². The number of nitrogens with two attached hydrogens (primary N) is 1. The van der Waals surface area contributed by atoms with E-state index in [1.54, 1.807) is 18.2 Å². The number of rotatable bonds is 3. The molecule has 3 rings (SSSR count). The van der Waals surface area contributed by atoms with Crippen LogP contribution >= 0.6 is 0 Å². The normalized spacial score (nSPS) is 16.5.